The van der Waals surface area contributed by atoms with Crippen molar-refractivity contribution in [3.8, 4) is 6.07 Å². The highest BCUT2D eigenvalue weighted by atomic mass is 79.9. The molecule has 2 aliphatic rings. The number of aliphatic imine (C=N–C) groups is 1. The molecule has 0 radical (unpaired) electrons. The van der Waals surface area contributed by atoms with Crippen LogP contribution in [0.25, 0.3) is 0 Å². The van der Waals surface area contributed by atoms with E-state index in [1.54, 1.807) is 24.3 Å². The van der Waals surface area contributed by atoms with Crippen LogP contribution in [-0.4, -0.2) is 34.6 Å². The molecule has 1 saturated carbocycles. The van der Waals surface area contributed by atoms with E-state index < -0.39 is 23.2 Å². The molecule has 1 aliphatic heterocycles. The fourth-order valence-electron chi connectivity index (χ4n) is 4.21. The Morgan fingerprint density at radius 2 is 1.78 bits per heavy atom. The van der Waals surface area contributed by atoms with Crippen molar-refractivity contribution in [2.45, 2.75) is 37.8 Å². The van der Waals surface area contributed by atoms with Crippen molar-refractivity contribution in [1.82, 2.24) is 4.90 Å². The van der Waals surface area contributed by atoms with Crippen LogP contribution in [-0.2, 0) is 9.59 Å². The second-order valence-corrected chi connectivity index (χ2v) is 8.68. The molecule has 4 rings (SSSR count). The van der Waals surface area contributed by atoms with Gasteiger partial charge in [-0.05, 0) is 65.9 Å². The normalized spacial score (nSPS) is 17.2. The van der Waals surface area contributed by atoms with Gasteiger partial charge in [0, 0.05) is 11.3 Å². The third-order valence-corrected chi connectivity index (χ3v) is 6.54. The first kappa shape index (κ1) is 22.1. The summed E-state index contributed by atoms with van der Waals surface area (Å²) in [6.45, 7) is -0.290. The second-order valence-electron chi connectivity index (χ2n) is 7.89. The molecule has 0 bridgehead atoms. The number of carbonyl (C=O) groups excluding carboxylic acids is 2. The quantitative estimate of drug-likeness (QED) is 0.625. The third-order valence-electron chi connectivity index (χ3n) is 5.78. The number of nitrogens with zero attached hydrogens (tertiary/aromatic N) is 3. The van der Waals surface area contributed by atoms with Crippen LogP contribution in [0.1, 0.15) is 43.2 Å². The number of hydrogen-bond acceptors (Lipinski definition) is 4. The van der Waals surface area contributed by atoms with Gasteiger partial charge in [0.2, 0.25) is 5.91 Å². The molecule has 0 aromatic heterocycles. The number of amides is 2. The minimum atomic E-state index is -0.840. The molecular formula is C23H19BrF2N4O2. The van der Waals surface area contributed by atoms with E-state index in [2.05, 4.69) is 21.2 Å². The molecule has 2 aromatic carbocycles. The Hall–Kier alpha value is -3.12. The number of carbonyl (C=O) groups is 2. The minimum Gasteiger partial charge on any atom is -0.324 e. The van der Waals surface area contributed by atoms with E-state index in [0.29, 0.717) is 24.0 Å². The maximum Gasteiger partial charge on any atom is 0.275 e. The Labute approximate surface area is 192 Å². The zero-order valence-electron chi connectivity index (χ0n) is 17.0. The van der Waals surface area contributed by atoms with Crippen molar-refractivity contribution in [2.75, 3.05) is 11.9 Å². The monoisotopic (exact) mass is 500 g/mol. The number of anilines is 1. The predicted octanol–water partition coefficient (Wildman–Crippen LogP) is 4.53. The lowest BCUT2D eigenvalue weighted by Crippen LogP contribution is -2.51. The van der Waals surface area contributed by atoms with Crippen molar-refractivity contribution in [3.63, 3.8) is 0 Å². The van der Waals surface area contributed by atoms with E-state index in [0.717, 1.165) is 31.4 Å². The summed E-state index contributed by atoms with van der Waals surface area (Å²) >= 11 is 2.80. The van der Waals surface area contributed by atoms with Crippen LogP contribution in [0.2, 0.25) is 0 Å². The molecule has 0 atom stereocenters. The summed E-state index contributed by atoms with van der Waals surface area (Å²) in [7, 11) is 0. The molecule has 1 N–H and O–H groups in total. The van der Waals surface area contributed by atoms with E-state index in [4.69, 9.17) is 10.3 Å². The number of rotatable bonds is 4. The summed E-state index contributed by atoms with van der Waals surface area (Å²) in [5, 5.41) is 11.5. The van der Waals surface area contributed by atoms with Crippen LogP contribution in [0.4, 0.5) is 14.5 Å². The summed E-state index contributed by atoms with van der Waals surface area (Å²) in [5.74, 6) is -2.62. The standard InChI is InChI=1S/C23H19BrF2N4O2/c24-20-17(25)10-16(11-18(20)26)28-19(31)13-30-22(32)21(15-6-4-14(12-27)5-7-15)29-23(30)8-2-1-3-9-23/h4-7,10-11H,1-3,8-9,13H2,(H,28,31). The van der Waals surface area contributed by atoms with Crippen LogP contribution in [0.3, 0.4) is 0 Å². The van der Waals surface area contributed by atoms with Crippen LogP contribution in [0.5, 0.6) is 0 Å². The van der Waals surface area contributed by atoms with Gasteiger partial charge in [-0.3, -0.25) is 14.6 Å². The van der Waals surface area contributed by atoms with E-state index in [-0.39, 0.29) is 28.3 Å². The molecule has 9 heteroatoms. The molecule has 0 unspecified atom stereocenters. The Morgan fingerprint density at radius 1 is 1.16 bits per heavy atom. The number of hydrogen-bond donors (Lipinski definition) is 1. The van der Waals surface area contributed by atoms with Gasteiger partial charge in [0.15, 0.2) is 0 Å². The van der Waals surface area contributed by atoms with E-state index in [1.165, 1.54) is 4.90 Å². The van der Waals surface area contributed by atoms with Crippen LogP contribution >= 0.6 is 15.9 Å². The van der Waals surface area contributed by atoms with Gasteiger partial charge in [0.1, 0.15) is 29.6 Å². The van der Waals surface area contributed by atoms with E-state index >= 15 is 0 Å². The Kier molecular flexibility index (Phi) is 6.07. The van der Waals surface area contributed by atoms with Crippen molar-refractivity contribution in [1.29, 1.82) is 5.26 Å². The lowest BCUT2D eigenvalue weighted by molar-refractivity contribution is -0.134. The van der Waals surface area contributed by atoms with Gasteiger partial charge in [-0.1, -0.05) is 18.6 Å². The molecule has 6 nitrogen and oxygen atoms in total. The number of nitriles is 1. The highest BCUT2D eigenvalue weighted by molar-refractivity contribution is 9.10. The fraction of sp³-hybridized carbons (Fsp3) is 0.304. The molecule has 164 valence electrons. The molecule has 1 heterocycles. The summed E-state index contributed by atoms with van der Waals surface area (Å²) in [6, 6.07) is 10.6. The lowest BCUT2D eigenvalue weighted by Gasteiger charge is -2.38. The summed E-state index contributed by atoms with van der Waals surface area (Å²) in [4.78, 5) is 32.3. The molecule has 1 aliphatic carbocycles. The number of benzene rings is 2. The Balaban J connectivity index is 1.58. The first-order valence-electron chi connectivity index (χ1n) is 10.2. The second kappa shape index (κ2) is 8.79. The fourth-order valence-corrected chi connectivity index (χ4v) is 4.44. The van der Waals surface area contributed by atoms with E-state index in [1.807, 2.05) is 6.07 Å². The van der Waals surface area contributed by atoms with Gasteiger partial charge in [0.05, 0.1) is 16.1 Å². The van der Waals surface area contributed by atoms with Crippen LogP contribution in [0, 0.1) is 23.0 Å². The lowest BCUT2D eigenvalue weighted by atomic mass is 9.88. The highest BCUT2D eigenvalue weighted by Crippen LogP contribution is 2.39. The molecule has 2 amide bonds. The molecule has 32 heavy (non-hydrogen) atoms. The van der Waals surface area contributed by atoms with Gasteiger partial charge in [-0.25, -0.2) is 8.78 Å². The number of halogens is 3. The molecule has 1 spiro atoms. The average molecular weight is 501 g/mol. The zero-order valence-corrected chi connectivity index (χ0v) is 18.6. The summed E-state index contributed by atoms with van der Waals surface area (Å²) < 4.78 is 27.3. The molecule has 1 fully saturated rings. The first-order valence-corrected chi connectivity index (χ1v) is 11.0. The maximum absolute atomic E-state index is 13.8. The van der Waals surface area contributed by atoms with Crippen LogP contribution < -0.4 is 5.32 Å². The van der Waals surface area contributed by atoms with Gasteiger partial charge in [0.25, 0.3) is 5.91 Å². The first-order chi connectivity index (χ1) is 15.3. The average Bonchev–Trinajstić information content (AvgIpc) is 3.04. The van der Waals surface area contributed by atoms with Crippen molar-refractivity contribution in [2.24, 2.45) is 4.99 Å². The van der Waals surface area contributed by atoms with Gasteiger partial charge in [-0.15, -0.1) is 0 Å². The van der Waals surface area contributed by atoms with Gasteiger partial charge >= 0.3 is 0 Å². The van der Waals surface area contributed by atoms with Crippen molar-refractivity contribution >= 4 is 39.1 Å². The third kappa shape index (κ3) is 4.15. The SMILES string of the molecule is N#Cc1ccc(C2=NC3(CCCCC3)N(CC(=O)Nc3cc(F)c(Br)c(F)c3)C2=O)cc1. The van der Waals surface area contributed by atoms with Crippen molar-refractivity contribution < 1.29 is 18.4 Å². The zero-order chi connectivity index (χ0) is 22.9. The molecule has 0 saturated heterocycles. The van der Waals surface area contributed by atoms with Gasteiger partial charge < -0.3 is 10.2 Å². The van der Waals surface area contributed by atoms with E-state index in [9.17, 15) is 18.4 Å². The molecular weight excluding hydrogens is 482 g/mol. The smallest absolute Gasteiger partial charge is 0.275 e. The predicted molar refractivity (Wildman–Crippen MR) is 118 cm³/mol. The Bertz CT molecular complexity index is 1130. The summed E-state index contributed by atoms with van der Waals surface area (Å²) in [6.07, 6.45) is 4.03. The Morgan fingerprint density at radius 3 is 2.38 bits per heavy atom. The number of nitrogens with one attached hydrogen (secondary N) is 1. The van der Waals surface area contributed by atoms with Crippen molar-refractivity contribution in [3.05, 3.63) is 63.6 Å². The van der Waals surface area contributed by atoms with Crippen LogP contribution in [0.15, 0.2) is 45.9 Å². The van der Waals surface area contributed by atoms with Gasteiger partial charge in [-0.2, -0.15) is 5.26 Å². The largest absolute Gasteiger partial charge is 0.324 e. The highest BCUT2D eigenvalue weighted by Gasteiger charge is 2.48. The summed E-state index contributed by atoms with van der Waals surface area (Å²) in [5.41, 5.74) is 0.457. The topological polar surface area (TPSA) is 85.6 Å². The maximum atomic E-state index is 13.8. The minimum absolute atomic E-state index is 0.0363. The molecule has 2 aromatic rings.